The SMILES string of the molecule is CCOCCNC(=O)[C@@H]1CC(=O)N(Cc2ccccc2)CC(=O)N(C)CC(=O)N[C@H](Cc2ccccc2)COc2ccccc2C(=O)N1. The minimum Gasteiger partial charge on any atom is -0.491 e. The Balaban J connectivity index is 1.67. The molecule has 0 aromatic heterocycles. The molecule has 0 saturated carbocycles. The maximum Gasteiger partial charge on any atom is 0.255 e. The number of nitrogens with one attached hydrogen (secondary N) is 3. The fourth-order valence-corrected chi connectivity index (χ4v) is 5.18. The number of ether oxygens (including phenoxy) is 2. The van der Waals surface area contributed by atoms with Crippen LogP contribution in [0.2, 0.25) is 0 Å². The zero-order valence-electron chi connectivity index (χ0n) is 27.4. The second kappa shape index (κ2) is 18.2. The highest BCUT2D eigenvalue weighted by molar-refractivity contribution is 6.01. The van der Waals surface area contributed by atoms with Crippen molar-refractivity contribution in [1.29, 1.82) is 0 Å². The molecule has 5 amide bonds. The molecule has 0 spiro atoms. The van der Waals surface area contributed by atoms with Crippen molar-refractivity contribution in [2.24, 2.45) is 0 Å². The van der Waals surface area contributed by atoms with E-state index in [9.17, 15) is 24.0 Å². The van der Waals surface area contributed by atoms with Crippen LogP contribution in [0.5, 0.6) is 5.75 Å². The molecular weight excluding hydrogens is 614 g/mol. The number of para-hydroxylation sites is 1. The lowest BCUT2D eigenvalue weighted by atomic mass is 10.1. The molecular formula is C36H43N5O7. The van der Waals surface area contributed by atoms with Gasteiger partial charge in [0.1, 0.15) is 24.9 Å². The molecule has 12 heteroatoms. The van der Waals surface area contributed by atoms with Gasteiger partial charge in [0, 0.05) is 26.7 Å². The number of likely N-dealkylation sites (N-methyl/N-ethyl adjacent to an activating group) is 1. The summed E-state index contributed by atoms with van der Waals surface area (Å²) in [5, 5.41) is 8.40. The van der Waals surface area contributed by atoms with Gasteiger partial charge in [-0.05, 0) is 36.6 Å². The summed E-state index contributed by atoms with van der Waals surface area (Å²) in [6, 6.07) is 23.5. The van der Waals surface area contributed by atoms with Crippen LogP contribution in [0.1, 0.15) is 34.8 Å². The van der Waals surface area contributed by atoms with Crippen LogP contribution in [0.25, 0.3) is 0 Å². The molecule has 0 fully saturated rings. The molecule has 3 aromatic rings. The lowest BCUT2D eigenvalue weighted by Crippen LogP contribution is -2.51. The number of hydrogen-bond acceptors (Lipinski definition) is 7. The molecule has 0 saturated heterocycles. The minimum absolute atomic E-state index is 0.0211. The van der Waals surface area contributed by atoms with Gasteiger partial charge in [-0.1, -0.05) is 72.8 Å². The van der Waals surface area contributed by atoms with Crippen molar-refractivity contribution in [3.63, 3.8) is 0 Å². The molecule has 4 rings (SSSR count). The van der Waals surface area contributed by atoms with Crippen molar-refractivity contribution in [3.8, 4) is 5.75 Å². The predicted octanol–water partition coefficient (Wildman–Crippen LogP) is 1.93. The average molecular weight is 658 g/mol. The molecule has 2 atom stereocenters. The Morgan fingerprint density at radius 1 is 0.875 bits per heavy atom. The molecule has 0 radical (unpaired) electrons. The first-order valence-corrected chi connectivity index (χ1v) is 16.0. The maximum absolute atomic E-state index is 13.8. The fourth-order valence-electron chi connectivity index (χ4n) is 5.18. The molecule has 1 aliphatic heterocycles. The van der Waals surface area contributed by atoms with Crippen molar-refractivity contribution in [3.05, 3.63) is 102 Å². The number of fused-ring (bicyclic) bond motifs is 1. The summed E-state index contributed by atoms with van der Waals surface area (Å²) in [6.07, 6.45) is 0.0145. The number of nitrogens with zero attached hydrogens (tertiary/aromatic N) is 2. The summed E-state index contributed by atoms with van der Waals surface area (Å²) in [6.45, 7) is 2.23. The van der Waals surface area contributed by atoms with E-state index >= 15 is 0 Å². The first kappa shape index (κ1) is 35.6. The molecule has 0 unspecified atom stereocenters. The quantitative estimate of drug-likeness (QED) is 0.298. The Morgan fingerprint density at radius 2 is 1.54 bits per heavy atom. The summed E-state index contributed by atoms with van der Waals surface area (Å²) in [5.41, 5.74) is 1.88. The Kier molecular flexibility index (Phi) is 13.5. The van der Waals surface area contributed by atoms with Gasteiger partial charge in [0.15, 0.2) is 0 Å². The summed E-state index contributed by atoms with van der Waals surface area (Å²) < 4.78 is 11.4. The van der Waals surface area contributed by atoms with Gasteiger partial charge in [-0.3, -0.25) is 24.0 Å². The van der Waals surface area contributed by atoms with E-state index < -0.39 is 48.0 Å². The van der Waals surface area contributed by atoms with Gasteiger partial charge in [0.25, 0.3) is 5.91 Å². The minimum atomic E-state index is -1.27. The van der Waals surface area contributed by atoms with Crippen LogP contribution in [0.4, 0.5) is 0 Å². The third-order valence-electron chi connectivity index (χ3n) is 7.71. The second-order valence-electron chi connectivity index (χ2n) is 11.5. The fraction of sp³-hybridized carbons (Fsp3) is 0.361. The molecule has 3 aromatic carbocycles. The van der Waals surface area contributed by atoms with Gasteiger partial charge in [0.2, 0.25) is 23.6 Å². The molecule has 48 heavy (non-hydrogen) atoms. The van der Waals surface area contributed by atoms with Gasteiger partial charge >= 0.3 is 0 Å². The normalized spacial score (nSPS) is 18.2. The van der Waals surface area contributed by atoms with Gasteiger partial charge in [0.05, 0.1) is 31.2 Å². The predicted molar refractivity (Wildman–Crippen MR) is 179 cm³/mol. The maximum atomic E-state index is 13.8. The van der Waals surface area contributed by atoms with Crippen molar-refractivity contribution >= 4 is 29.5 Å². The Labute approximate surface area is 280 Å². The third-order valence-corrected chi connectivity index (χ3v) is 7.71. The van der Waals surface area contributed by atoms with Gasteiger partial charge in [-0.15, -0.1) is 0 Å². The van der Waals surface area contributed by atoms with Crippen LogP contribution in [-0.2, 0) is 36.9 Å². The highest BCUT2D eigenvalue weighted by atomic mass is 16.5. The summed E-state index contributed by atoms with van der Waals surface area (Å²) in [4.78, 5) is 70.1. The van der Waals surface area contributed by atoms with E-state index in [0.717, 1.165) is 11.1 Å². The molecule has 0 bridgehead atoms. The number of carbonyl (C=O) groups excluding carboxylic acids is 5. The van der Waals surface area contributed by atoms with Crippen LogP contribution >= 0.6 is 0 Å². The van der Waals surface area contributed by atoms with E-state index in [-0.39, 0.29) is 50.7 Å². The van der Waals surface area contributed by atoms with Crippen LogP contribution in [-0.4, -0.2) is 97.9 Å². The van der Waals surface area contributed by atoms with Crippen LogP contribution < -0.4 is 20.7 Å². The average Bonchev–Trinajstić information content (AvgIpc) is 3.09. The molecule has 12 nitrogen and oxygen atoms in total. The van der Waals surface area contributed by atoms with Gasteiger partial charge in [-0.2, -0.15) is 0 Å². The van der Waals surface area contributed by atoms with Gasteiger partial charge in [-0.25, -0.2) is 0 Å². The van der Waals surface area contributed by atoms with E-state index in [4.69, 9.17) is 9.47 Å². The summed E-state index contributed by atoms with van der Waals surface area (Å²) in [7, 11) is 1.50. The number of carbonyl (C=O) groups is 5. The van der Waals surface area contributed by atoms with E-state index in [0.29, 0.717) is 13.0 Å². The van der Waals surface area contributed by atoms with Crippen LogP contribution in [0.3, 0.4) is 0 Å². The van der Waals surface area contributed by atoms with Crippen molar-refractivity contribution in [1.82, 2.24) is 25.8 Å². The lowest BCUT2D eigenvalue weighted by Gasteiger charge is -2.27. The van der Waals surface area contributed by atoms with Crippen molar-refractivity contribution in [2.75, 3.05) is 46.5 Å². The molecule has 1 aliphatic rings. The number of hydrogen-bond donors (Lipinski definition) is 3. The highest BCUT2D eigenvalue weighted by Gasteiger charge is 2.30. The zero-order chi connectivity index (χ0) is 34.3. The molecule has 3 N–H and O–H groups in total. The molecule has 254 valence electrons. The Bertz CT molecular complexity index is 1540. The zero-order valence-corrected chi connectivity index (χ0v) is 27.4. The summed E-state index contributed by atoms with van der Waals surface area (Å²) in [5.74, 6) is -2.37. The smallest absolute Gasteiger partial charge is 0.255 e. The van der Waals surface area contributed by atoms with Crippen molar-refractivity contribution < 1.29 is 33.4 Å². The lowest BCUT2D eigenvalue weighted by molar-refractivity contribution is -0.142. The molecule has 1 heterocycles. The van der Waals surface area contributed by atoms with E-state index in [1.807, 2.05) is 67.6 Å². The number of rotatable bonds is 9. The molecule has 0 aliphatic carbocycles. The van der Waals surface area contributed by atoms with Crippen LogP contribution in [0.15, 0.2) is 84.9 Å². The highest BCUT2D eigenvalue weighted by Crippen LogP contribution is 2.20. The number of benzene rings is 3. The van der Waals surface area contributed by atoms with E-state index in [1.54, 1.807) is 24.3 Å². The van der Waals surface area contributed by atoms with E-state index in [2.05, 4.69) is 16.0 Å². The largest absolute Gasteiger partial charge is 0.491 e. The first-order valence-electron chi connectivity index (χ1n) is 16.0. The van der Waals surface area contributed by atoms with Gasteiger partial charge < -0.3 is 35.2 Å². The first-order chi connectivity index (χ1) is 23.2. The topological polar surface area (TPSA) is 146 Å². The monoisotopic (exact) mass is 657 g/mol. The second-order valence-corrected chi connectivity index (χ2v) is 11.5. The Morgan fingerprint density at radius 3 is 2.25 bits per heavy atom. The third kappa shape index (κ3) is 10.9. The van der Waals surface area contributed by atoms with E-state index in [1.165, 1.54) is 16.8 Å². The standard InChI is InChI=1S/C36H43N5O7/c1-3-47-19-18-37-36(46)30-21-33(43)41(22-27-14-8-5-9-15-27)24-34(44)40(2)23-32(42)38-28(20-26-12-6-4-7-13-26)25-48-31-17-11-10-16-29(31)35(45)39-30/h4-17,28,30H,3,18-25H2,1-2H3,(H,37,46)(H,38,42)(H,39,45)/t28-,30+/m1/s1. The number of amides is 5. The van der Waals surface area contributed by atoms with Crippen LogP contribution in [0, 0.1) is 0 Å². The van der Waals surface area contributed by atoms with Crippen molar-refractivity contribution in [2.45, 2.75) is 38.4 Å². The summed E-state index contributed by atoms with van der Waals surface area (Å²) >= 11 is 0. The Hall–Kier alpha value is -5.23.